The van der Waals surface area contributed by atoms with E-state index in [2.05, 4.69) is 4.18 Å². The Kier molecular flexibility index (Phi) is 7.11. The second-order valence-corrected chi connectivity index (χ2v) is 9.60. The highest BCUT2D eigenvalue weighted by atomic mass is 32.2. The third-order valence-electron chi connectivity index (χ3n) is 2.27. The van der Waals surface area contributed by atoms with Gasteiger partial charge in [-0.15, -0.1) is 22.4 Å². The summed E-state index contributed by atoms with van der Waals surface area (Å²) in [7, 11) is -17.1. The molecule has 0 fully saturated rings. The van der Waals surface area contributed by atoms with E-state index in [0.29, 0.717) is 6.26 Å². The first-order chi connectivity index (χ1) is 11.1. The molecular weight excluding hydrogens is 452 g/mol. The summed E-state index contributed by atoms with van der Waals surface area (Å²) >= 11 is 0. The SMILES string of the molecule is CN(NS(C)(=O)=O)S(=O)(=O)C(CO)(NS(=O)(=O)OC(F)(F)F)C(F)(F)F. The lowest BCUT2D eigenvalue weighted by atomic mass is 10.3. The molecule has 0 radical (unpaired) electrons. The Hall–Kier alpha value is -0.770. The maximum atomic E-state index is 13.2. The number of sulfonamides is 2. The molecule has 0 aliphatic carbocycles. The van der Waals surface area contributed by atoms with Gasteiger partial charge in [-0.25, -0.2) is 16.8 Å². The standard InChI is InChI=1S/C6H11F6N3O8S3/c1-15(14-24(2,17)18)25(19,20)4(3-16,5(7,8)9)13-26(21,22)23-6(10,11)12/h13-14,16H,3H2,1-2H3. The molecule has 0 spiro atoms. The molecule has 26 heavy (non-hydrogen) atoms. The predicted molar refractivity (Wildman–Crippen MR) is 69.7 cm³/mol. The highest BCUT2D eigenvalue weighted by Gasteiger charge is 2.68. The summed E-state index contributed by atoms with van der Waals surface area (Å²) < 4.78 is 145. The maximum Gasteiger partial charge on any atom is 0.538 e. The summed E-state index contributed by atoms with van der Waals surface area (Å²) in [5, 5.41) is 8.89. The summed E-state index contributed by atoms with van der Waals surface area (Å²) in [6, 6.07) is 0. The van der Waals surface area contributed by atoms with Gasteiger partial charge in [0.05, 0.1) is 12.9 Å². The van der Waals surface area contributed by atoms with Gasteiger partial charge in [0.25, 0.3) is 14.9 Å². The quantitative estimate of drug-likeness (QED) is 0.285. The lowest BCUT2D eigenvalue weighted by Crippen LogP contribution is -2.70. The number of hydrogen-bond acceptors (Lipinski definition) is 8. The Labute approximate surface area is 143 Å². The topological polar surface area (TPSA) is 159 Å². The zero-order valence-corrected chi connectivity index (χ0v) is 14.9. The molecule has 0 rings (SSSR count). The lowest BCUT2D eigenvalue weighted by Gasteiger charge is -2.35. The van der Waals surface area contributed by atoms with Crippen LogP contribution < -0.4 is 9.55 Å². The van der Waals surface area contributed by atoms with Gasteiger partial charge in [-0.05, 0) is 0 Å². The lowest BCUT2D eigenvalue weighted by molar-refractivity contribution is -0.273. The van der Waals surface area contributed by atoms with Crippen molar-refractivity contribution in [3.05, 3.63) is 0 Å². The minimum absolute atomic E-state index is 0.0505. The van der Waals surface area contributed by atoms with E-state index in [0.717, 1.165) is 4.83 Å². The van der Waals surface area contributed by atoms with Crippen molar-refractivity contribution < 1.29 is 60.9 Å². The fourth-order valence-electron chi connectivity index (χ4n) is 1.32. The van der Waals surface area contributed by atoms with E-state index in [1.807, 2.05) is 0 Å². The maximum absolute atomic E-state index is 13.2. The van der Waals surface area contributed by atoms with E-state index < -0.39 is 58.8 Å². The third kappa shape index (κ3) is 6.14. The molecule has 1 unspecified atom stereocenters. The predicted octanol–water partition coefficient (Wildman–Crippen LogP) is -1.67. The van der Waals surface area contributed by atoms with Gasteiger partial charge < -0.3 is 5.11 Å². The van der Waals surface area contributed by atoms with Gasteiger partial charge in [0.2, 0.25) is 10.0 Å². The van der Waals surface area contributed by atoms with Crippen LogP contribution in [0.5, 0.6) is 0 Å². The minimum Gasteiger partial charge on any atom is -0.393 e. The van der Waals surface area contributed by atoms with Crippen molar-refractivity contribution in [1.29, 1.82) is 0 Å². The summed E-state index contributed by atoms with van der Waals surface area (Å²) in [5.41, 5.74) is 0. The number of hydrogen-bond donors (Lipinski definition) is 3. The van der Waals surface area contributed by atoms with Gasteiger partial charge in [-0.1, -0.05) is 0 Å². The number of alkyl halides is 6. The van der Waals surface area contributed by atoms with Crippen molar-refractivity contribution in [3.8, 4) is 0 Å². The number of aliphatic hydroxyl groups excluding tert-OH is 1. The number of rotatable bonds is 8. The monoisotopic (exact) mass is 463 g/mol. The van der Waals surface area contributed by atoms with Crippen LogP contribution in [0.15, 0.2) is 0 Å². The van der Waals surface area contributed by atoms with E-state index in [4.69, 9.17) is 5.11 Å². The van der Waals surface area contributed by atoms with Crippen LogP contribution in [-0.2, 0) is 34.5 Å². The van der Waals surface area contributed by atoms with Crippen LogP contribution in [-0.4, -0.2) is 72.1 Å². The van der Waals surface area contributed by atoms with Crippen LogP contribution in [0.4, 0.5) is 26.3 Å². The highest BCUT2D eigenvalue weighted by Crippen LogP contribution is 2.37. The molecule has 0 aromatic heterocycles. The Morgan fingerprint density at radius 3 is 1.69 bits per heavy atom. The van der Waals surface area contributed by atoms with Crippen molar-refractivity contribution >= 4 is 30.4 Å². The van der Waals surface area contributed by atoms with Gasteiger partial charge in [0.15, 0.2) is 0 Å². The van der Waals surface area contributed by atoms with Gasteiger partial charge in [-0.3, -0.25) is 0 Å². The zero-order valence-electron chi connectivity index (χ0n) is 12.5. The fraction of sp³-hybridized carbons (Fsp3) is 1.00. The van der Waals surface area contributed by atoms with Gasteiger partial charge in [0.1, 0.15) is 0 Å². The van der Waals surface area contributed by atoms with E-state index in [1.54, 1.807) is 0 Å². The minimum atomic E-state index is -6.49. The molecule has 0 aliphatic heterocycles. The molecule has 0 aromatic carbocycles. The Balaban J connectivity index is 6.42. The molecule has 0 saturated carbocycles. The van der Waals surface area contributed by atoms with E-state index in [1.165, 1.54) is 0 Å². The van der Waals surface area contributed by atoms with Gasteiger partial charge in [0, 0.05) is 7.05 Å². The van der Waals surface area contributed by atoms with E-state index in [9.17, 15) is 51.6 Å². The van der Waals surface area contributed by atoms with Crippen molar-refractivity contribution in [1.82, 2.24) is 14.0 Å². The second kappa shape index (κ2) is 7.33. The highest BCUT2D eigenvalue weighted by molar-refractivity contribution is 7.93. The summed E-state index contributed by atoms with van der Waals surface area (Å²) in [4.78, 5) is -4.00. The molecule has 20 heteroatoms. The molecule has 0 bridgehead atoms. The van der Waals surface area contributed by atoms with E-state index in [-0.39, 0.29) is 11.8 Å². The van der Waals surface area contributed by atoms with Crippen LogP contribution in [0.3, 0.4) is 0 Å². The molecule has 1 atom stereocenters. The van der Waals surface area contributed by atoms with Crippen LogP contribution in [0, 0.1) is 0 Å². The summed E-state index contributed by atoms with van der Waals surface area (Å²) in [6.45, 7) is -2.67. The fourth-order valence-corrected chi connectivity index (χ4v) is 5.11. The van der Waals surface area contributed by atoms with E-state index >= 15 is 0 Å². The Bertz CT molecular complexity index is 819. The molecule has 0 aliphatic rings. The Morgan fingerprint density at radius 2 is 1.42 bits per heavy atom. The van der Waals surface area contributed by atoms with Crippen LogP contribution in [0.2, 0.25) is 0 Å². The molecule has 0 amide bonds. The van der Waals surface area contributed by atoms with Crippen LogP contribution in [0.25, 0.3) is 0 Å². The largest absolute Gasteiger partial charge is 0.538 e. The average Bonchev–Trinajstić information content (AvgIpc) is 2.28. The van der Waals surface area contributed by atoms with Gasteiger partial charge in [-0.2, -0.15) is 30.5 Å². The first-order valence-corrected chi connectivity index (χ1v) is 10.3. The smallest absolute Gasteiger partial charge is 0.393 e. The normalized spacial score (nSPS) is 17.3. The van der Waals surface area contributed by atoms with Crippen molar-refractivity contribution in [2.45, 2.75) is 17.4 Å². The Morgan fingerprint density at radius 1 is 1.00 bits per heavy atom. The van der Waals surface area contributed by atoms with Crippen molar-refractivity contribution in [2.75, 3.05) is 19.9 Å². The van der Waals surface area contributed by atoms with Gasteiger partial charge >= 0.3 is 22.8 Å². The molecular formula is C6H11F6N3O8S3. The molecule has 3 N–H and O–H groups in total. The number of halogens is 6. The average molecular weight is 463 g/mol. The molecule has 0 saturated heterocycles. The number of hydrazine groups is 1. The zero-order chi connectivity index (χ0) is 21.4. The van der Waals surface area contributed by atoms with Crippen molar-refractivity contribution in [3.63, 3.8) is 0 Å². The first-order valence-electron chi connectivity index (χ1n) is 5.55. The number of aliphatic hydroxyl groups is 1. The second-order valence-electron chi connectivity index (χ2n) is 4.40. The molecule has 0 heterocycles. The number of nitrogens with zero attached hydrogens (tertiary/aromatic N) is 1. The van der Waals surface area contributed by atoms with Crippen LogP contribution in [0.1, 0.15) is 0 Å². The number of nitrogens with one attached hydrogen (secondary N) is 2. The van der Waals surface area contributed by atoms with Crippen molar-refractivity contribution in [2.24, 2.45) is 0 Å². The summed E-state index contributed by atoms with van der Waals surface area (Å²) in [5.74, 6) is 0. The molecule has 158 valence electrons. The van der Waals surface area contributed by atoms with Crippen LogP contribution >= 0.6 is 0 Å². The summed E-state index contributed by atoms with van der Waals surface area (Å²) in [6.07, 6.45) is -12.0. The first kappa shape index (κ1) is 25.2. The molecule has 11 nitrogen and oxygen atoms in total. The molecule has 0 aromatic rings. The third-order valence-corrected chi connectivity index (χ3v) is 6.28.